The van der Waals surface area contributed by atoms with Crippen LogP contribution in [0.25, 0.3) is 0 Å². The number of rotatable bonds is 1. The van der Waals surface area contributed by atoms with E-state index in [1.165, 1.54) is 0 Å². The van der Waals surface area contributed by atoms with Gasteiger partial charge in [-0.15, -0.1) is 0 Å². The second-order valence-corrected chi connectivity index (χ2v) is 10.1. The number of pyridine rings is 1. The van der Waals surface area contributed by atoms with Crippen molar-refractivity contribution in [1.82, 2.24) is 15.2 Å². The fourth-order valence-electron chi connectivity index (χ4n) is 5.05. The molecule has 1 aromatic heterocycles. The minimum Gasteiger partial charge on any atom is -0.482 e. The fraction of sp³-hybridized carbons (Fsp3) is 0.708. The first-order valence-corrected chi connectivity index (χ1v) is 11.8. The van der Waals surface area contributed by atoms with E-state index < -0.39 is 11.7 Å². The number of fused-ring (bicyclic) bond motifs is 5. The maximum absolute atomic E-state index is 13.2. The van der Waals surface area contributed by atoms with Crippen LogP contribution in [0.4, 0.5) is 4.79 Å². The molecule has 1 aromatic rings. The van der Waals surface area contributed by atoms with Crippen molar-refractivity contribution in [3.8, 4) is 5.75 Å². The normalized spacial score (nSPS) is 28.8. The molecule has 3 aliphatic heterocycles. The Morgan fingerprint density at radius 2 is 2.00 bits per heavy atom. The standard InChI is InChI=1S/C24H35N3O5/c1-24(2,3)32-23(29)26-19-5-4-12-27-20(19)14-30-17-8-6-16(7-9-17)18-10-11-25-13-21(18)31-15-22(27)28/h10-11,13,16-17,19-20H,4-9,12,14-15H2,1-3H3,(H,26,29)/t16-,17+,19?,20?. The Bertz CT molecular complexity index is 816. The van der Waals surface area contributed by atoms with Gasteiger partial charge in [0, 0.05) is 18.3 Å². The first-order chi connectivity index (χ1) is 15.3. The molecule has 4 heterocycles. The summed E-state index contributed by atoms with van der Waals surface area (Å²) in [4.78, 5) is 31.7. The molecule has 4 aliphatic rings. The van der Waals surface area contributed by atoms with Crippen molar-refractivity contribution < 1.29 is 23.8 Å². The van der Waals surface area contributed by atoms with Gasteiger partial charge in [-0.05, 0) is 71.3 Å². The summed E-state index contributed by atoms with van der Waals surface area (Å²) in [6.45, 7) is 6.49. The number of alkyl carbamates (subject to hydrolysis) is 1. The van der Waals surface area contributed by atoms with E-state index >= 15 is 0 Å². The first kappa shape index (κ1) is 22.8. The van der Waals surface area contributed by atoms with E-state index in [1.807, 2.05) is 31.7 Å². The zero-order valence-electron chi connectivity index (χ0n) is 19.3. The molecule has 2 unspecified atom stereocenters. The maximum atomic E-state index is 13.2. The van der Waals surface area contributed by atoms with Crippen LogP contribution in [-0.2, 0) is 14.3 Å². The van der Waals surface area contributed by atoms with Gasteiger partial charge in [-0.25, -0.2) is 4.79 Å². The first-order valence-electron chi connectivity index (χ1n) is 11.8. The summed E-state index contributed by atoms with van der Waals surface area (Å²) >= 11 is 0. The zero-order valence-corrected chi connectivity index (χ0v) is 19.3. The number of ether oxygens (including phenoxy) is 3. The molecule has 1 aliphatic carbocycles. The largest absolute Gasteiger partial charge is 0.482 e. The summed E-state index contributed by atoms with van der Waals surface area (Å²) in [7, 11) is 0. The van der Waals surface area contributed by atoms with Gasteiger partial charge in [0.05, 0.1) is 31.0 Å². The number of carbonyl (C=O) groups is 2. The van der Waals surface area contributed by atoms with Crippen molar-refractivity contribution in [2.75, 3.05) is 19.8 Å². The average molecular weight is 446 g/mol. The lowest BCUT2D eigenvalue weighted by Crippen LogP contribution is -2.60. The molecule has 8 nitrogen and oxygen atoms in total. The van der Waals surface area contributed by atoms with Gasteiger partial charge in [-0.3, -0.25) is 9.78 Å². The summed E-state index contributed by atoms with van der Waals surface area (Å²) in [5.74, 6) is 0.991. The second-order valence-electron chi connectivity index (χ2n) is 10.1. The molecule has 1 N–H and O–H groups in total. The van der Waals surface area contributed by atoms with E-state index in [9.17, 15) is 9.59 Å². The van der Waals surface area contributed by atoms with E-state index in [-0.39, 0.29) is 30.7 Å². The van der Waals surface area contributed by atoms with Crippen LogP contribution in [0, 0.1) is 0 Å². The molecular formula is C24H35N3O5. The molecule has 0 aromatic carbocycles. The summed E-state index contributed by atoms with van der Waals surface area (Å²) < 4.78 is 17.8. The molecule has 2 fully saturated rings. The van der Waals surface area contributed by atoms with Crippen LogP contribution < -0.4 is 10.1 Å². The third kappa shape index (κ3) is 5.52. The molecular weight excluding hydrogens is 410 g/mol. The number of nitrogens with zero attached hydrogens (tertiary/aromatic N) is 2. The summed E-state index contributed by atoms with van der Waals surface area (Å²) in [6, 6.07) is 1.53. The van der Waals surface area contributed by atoms with E-state index in [0.717, 1.165) is 44.1 Å². The number of amides is 2. The fourth-order valence-corrected chi connectivity index (χ4v) is 5.05. The Morgan fingerprint density at radius 3 is 2.75 bits per heavy atom. The van der Waals surface area contributed by atoms with Gasteiger partial charge < -0.3 is 24.4 Å². The lowest BCUT2D eigenvalue weighted by Gasteiger charge is -2.42. The Kier molecular flexibility index (Phi) is 6.88. The Morgan fingerprint density at radius 1 is 1.22 bits per heavy atom. The summed E-state index contributed by atoms with van der Waals surface area (Å²) in [5.41, 5.74) is 0.550. The van der Waals surface area contributed by atoms with Crippen LogP contribution in [0.3, 0.4) is 0 Å². The van der Waals surface area contributed by atoms with Crippen LogP contribution >= 0.6 is 0 Å². The highest BCUT2D eigenvalue weighted by molar-refractivity contribution is 5.78. The van der Waals surface area contributed by atoms with Gasteiger partial charge in [0.15, 0.2) is 6.61 Å². The lowest BCUT2D eigenvalue weighted by molar-refractivity contribution is -0.140. The SMILES string of the molecule is CC(C)(C)OC(=O)NC1CCCN2C(=O)COc3cnccc3[C@H]3CC[C@H](CC3)OCC12. The van der Waals surface area contributed by atoms with Gasteiger partial charge in [0.1, 0.15) is 11.4 Å². The van der Waals surface area contributed by atoms with Crippen molar-refractivity contribution in [2.45, 2.75) is 89.0 Å². The number of nitrogens with one attached hydrogen (secondary N) is 1. The van der Waals surface area contributed by atoms with Gasteiger partial charge in [0.2, 0.25) is 0 Å². The van der Waals surface area contributed by atoms with E-state index in [4.69, 9.17) is 14.2 Å². The Labute approximate surface area is 190 Å². The van der Waals surface area contributed by atoms with Crippen LogP contribution in [0.1, 0.15) is 70.8 Å². The minimum atomic E-state index is -0.580. The number of hydrogen-bond acceptors (Lipinski definition) is 6. The Balaban J connectivity index is 1.54. The topological polar surface area (TPSA) is 90.0 Å². The molecule has 0 radical (unpaired) electrons. The zero-order chi connectivity index (χ0) is 22.7. The maximum Gasteiger partial charge on any atom is 0.407 e. The molecule has 32 heavy (non-hydrogen) atoms. The van der Waals surface area contributed by atoms with Crippen molar-refractivity contribution in [3.63, 3.8) is 0 Å². The van der Waals surface area contributed by atoms with Crippen LogP contribution in [-0.4, -0.2) is 65.4 Å². The van der Waals surface area contributed by atoms with E-state index in [1.54, 1.807) is 12.4 Å². The highest BCUT2D eigenvalue weighted by Gasteiger charge is 2.38. The van der Waals surface area contributed by atoms with Crippen molar-refractivity contribution in [3.05, 3.63) is 24.0 Å². The third-order valence-electron chi connectivity index (χ3n) is 6.59. The van der Waals surface area contributed by atoms with Crippen molar-refractivity contribution in [2.24, 2.45) is 0 Å². The van der Waals surface area contributed by atoms with E-state index in [2.05, 4.69) is 10.3 Å². The Hall–Kier alpha value is -2.35. The monoisotopic (exact) mass is 445 g/mol. The van der Waals surface area contributed by atoms with Gasteiger partial charge in [0.25, 0.3) is 5.91 Å². The summed E-state index contributed by atoms with van der Waals surface area (Å²) in [6.07, 6.45) is 8.76. The average Bonchev–Trinajstić information content (AvgIpc) is 2.76. The molecule has 1 saturated carbocycles. The molecule has 8 heteroatoms. The highest BCUT2D eigenvalue weighted by Crippen LogP contribution is 2.38. The molecule has 2 bridgehead atoms. The van der Waals surface area contributed by atoms with Crippen LogP contribution in [0.5, 0.6) is 5.75 Å². The predicted molar refractivity (Wildman–Crippen MR) is 119 cm³/mol. The third-order valence-corrected chi connectivity index (χ3v) is 6.59. The van der Waals surface area contributed by atoms with Crippen LogP contribution in [0.2, 0.25) is 0 Å². The molecule has 5 rings (SSSR count). The van der Waals surface area contributed by atoms with Gasteiger partial charge in [-0.2, -0.15) is 0 Å². The quantitative estimate of drug-likeness (QED) is 0.713. The number of carbonyl (C=O) groups excluding carboxylic acids is 2. The molecule has 176 valence electrons. The smallest absolute Gasteiger partial charge is 0.407 e. The van der Waals surface area contributed by atoms with E-state index in [0.29, 0.717) is 24.8 Å². The van der Waals surface area contributed by atoms with Gasteiger partial charge >= 0.3 is 6.09 Å². The molecule has 0 spiro atoms. The lowest BCUT2D eigenvalue weighted by atomic mass is 9.82. The van der Waals surface area contributed by atoms with Crippen molar-refractivity contribution >= 4 is 12.0 Å². The predicted octanol–water partition coefficient (Wildman–Crippen LogP) is 3.40. The highest BCUT2D eigenvalue weighted by atomic mass is 16.6. The molecule has 2 atom stereocenters. The van der Waals surface area contributed by atoms with Crippen LogP contribution in [0.15, 0.2) is 18.5 Å². The molecule has 2 amide bonds. The number of aromatic nitrogens is 1. The van der Waals surface area contributed by atoms with Gasteiger partial charge in [-0.1, -0.05) is 0 Å². The second kappa shape index (κ2) is 9.65. The van der Waals surface area contributed by atoms with Crippen molar-refractivity contribution in [1.29, 1.82) is 0 Å². The summed E-state index contributed by atoms with van der Waals surface area (Å²) in [5, 5.41) is 2.99. The minimum absolute atomic E-state index is 0.0511. The number of piperidine rings is 1. The molecule has 1 saturated heterocycles. The number of hydrogen-bond donors (Lipinski definition) is 1.